The third-order valence-electron chi connectivity index (χ3n) is 12.1. The number of aryl methyl sites for hydroxylation is 2. The van der Waals surface area contributed by atoms with Crippen molar-refractivity contribution in [2.75, 3.05) is 89.3 Å². The van der Waals surface area contributed by atoms with Gasteiger partial charge in [0.25, 0.3) is 0 Å². The first-order valence-electron chi connectivity index (χ1n) is 32.4. The van der Waals surface area contributed by atoms with Gasteiger partial charge in [0.2, 0.25) is 5.28 Å². The summed E-state index contributed by atoms with van der Waals surface area (Å²) in [6.45, 7) is 10.2. The van der Waals surface area contributed by atoms with E-state index in [0.29, 0.717) is 84.4 Å². The van der Waals surface area contributed by atoms with Gasteiger partial charge in [-0.3, -0.25) is 9.59 Å². The minimum Gasteiger partial charge on any atom is -0.460 e. The van der Waals surface area contributed by atoms with E-state index in [4.69, 9.17) is 150 Å². The van der Waals surface area contributed by atoms with Crippen LogP contribution < -0.4 is 55.4 Å². The zero-order valence-electron chi connectivity index (χ0n) is 60.7. The molecule has 0 bridgehead atoms. The number of anilines is 3. The lowest BCUT2D eigenvalue weighted by atomic mass is 9.80. The molecule has 1 fully saturated rings. The zero-order valence-corrected chi connectivity index (χ0v) is 66.8. The number of nitrogen functional groups attached to an aromatic ring is 3. The van der Waals surface area contributed by atoms with Crippen molar-refractivity contribution in [3.63, 3.8) is 0 Å². The van der Waals surface area contributed by atoms with Crippen molar-refractivity contribution in [2.24, 2.45) is 11.5 Å². The van der Waals surface area contributed by atoms with Crippen molar-refractivity contribution >= 4 is 136 Å². The molecule has 5 atom stereocenters. The summed E-state index contributed by atoms with van der Waals surface area (Å²) in [5.74, 6) is 0.440. The molecule has 1 saturated heterocycles. The normalized spacial score (nSPS) is 13.7. The molecule has 2 aromatic carbocycles. The number of nitrogens with two attached hydrogens (primary N) is 5. The standard InChI is InChI=1S/C15H16Cl2F3N5O.C11H20F3NO3.C9H13ClF3N5O.C8H17NO2.C6H5BCl2O2.C5H11F3N2O.C3H2Cl2N4.C3H3F3O.ClH/c16-9-4-1-3-8(12(9)17)13-14(21)23-11(24-25-13)5-2-6-22-7-10(26)15(18,19)20;1-10(2,3)18-9(17)5-4-6-15-7-8(16)11(12,13)14;10-7-8(14)16-6(17-18-7)2-1-3-15-4-5(19)9(11,12)13;1-8(2,3)11-7(10)5-4-6-9;8-5-3-1-2-4(6(5)9)7(10)11;6-5(7,8)4(11)3-10-2-1-9;4-1-2(6)7-3(5)9-8-1;4-3(5,6)2-1-7-2;/h1,3-4,10,22,26H,2,5-7H2,(H2,21,23,24);8,15-16H,4-7H2,1-3H3;5,15,19H,1-4H2,(H2,14,16,17);4-6,9H2,1-3H3;1-3,10-11H;4,10-11H,1-3,9H2;(H2,6,7,9);2H,1H2;1H/t10-;8-;5-;;;4-;;2-;/m111..1.1./s1. The summed E-state index contributed by atoms with van der Waals surface area (Å²) in [5, 5.41) is 85.0. The van der Waals surface area contributed by atoms with E-state index in [-0.39, 0.29) is 124 Å². The van der Waals surface area contributed by atoms with Gasteiger partial charge >= 0.3 is 49.9 Å². The molecule has 0 saturated carbocycles. The van der Waals surface area contributed by atoms with Crippen LogP contribution in [0.1, 0.15) is 91.7 Å². The van der Waals surface area contributed by atoms with Crippen LogP contribution >= 0.6 is 93.6 Å². The first-order chi connectivity index (χ1) is 51.4. The van der Waals surface area contributed by atoms with Crippen LogP contribution in [-0.4, -0.2) is 240 Å². The highest BCUT2D eigenvalue weighted by molar-refractivity contribution is 6.64. The number of rotatable bonds is 27. The van der Waals surface area contributed by atoms with E-state index < -0.39 is 100 Å². The number of hydrogen-bond acceptors (Lipinski definition) is 29. The van der Waals surface area contributed by atoms with E-state index >= 15 is 0 Å². The van der Waals surface area contributed by atoms with Gasteiger partial charge in [-0.15, -0.1) is 43.0 Å². The van der Waals surface area contributed by atoms with Crippen molar-refractivity contribution in [1.29, 1.82) is 0 Å². The Morgan fingerprint density at radius 2 is 0.876 bits per heavy atom. The Morgan fingerprint density at radius 1 is 0.513 bits per heavy atom. The predicted molar refractivity (Wildman–Crippen MR) is 397 cm³/mol. The Kier molecular flexibility index (Phi) is 54.7. The number of benzene rings is 2. The summed E-state index contributed by atoms with van der Waals surface area (Å²) in [6.07, 6.45) is -30.1. The molecule has 1 aliphatic heterocycles. The number of carbonyl (C=O) groups excluding carboxylic acids is 2. The Morgan fingerprint density at radius 3 is 1.20 bits per heavy atom. The molecular weight excluding hydrogens is 1730 g/mol. The number of halogens is 23. The smallest absolute Gasteiger partial charge is 0.460 e. The van der Waals surface area contributed by atoms with Crippen molar-refractivity contribution in [2.45, 2.75) is 166 Å². The molecule has 0 amide bonds. The maximum atomic E-state index is 12.1. The Balaban J connectivity index is -0.00000126. The highest BCUT2D eigenvalue weighted by Gasteiger charge is 2.49. The predicted octanol–water partition coefficient (Wildman–Crippen LogP) is 8.37. The molecule has 648 valence electrons. The molecule has 29 nitrogen and oxygen atoms in total. The number of aliphatic hydroxyl groups is 4. The van der Waals surface area contributed by atoms with Gasteiger partial charge in [0.05, 0.1) is 26.7 Å². The van der Waals surface area contributed by atoms with Gasteiger partial charge in [-0.05, 0) is 117 Å². The van der Waals surface area contributed by atoms with Crippen LogP contribution in [0.5, 0.6) is 0 Å². The second kappa shape index (κ2) is 55.3. The zero-order chi connectivity index (χ0) is 86.8. The lowest BCUT2D eigenvalue weighted by molar-refractivity contribution is -0.202. The van der Waals surface area contributed by atoms with Crippen LogP contribution in [0, 0.1) is 0 Å². The van der Waals surface area contributed by atoms with E-state index in [1.165, 1.54) is 6.07 Å². The van der Waals surface area contributed by atoms with Gasteiger partial charge in [0.15, 0.2) is 69.9 Å². The second-order valence-corrected chi connectivity index (χ2v) is 26.9. The third kappa shape index (κ3) is 55.0. The van der Waals surface area contributed by atoms with Gasteiger partial charge in [-0.2, -0.15) is 70.8 Å². The average molecular weight is 1820 g/mol. The maximum absolute atomic E-state index is 12.1. The van der Waals surface area contributed by atoms with Crippen LogP contribution in [0.4, 0.5) is 83.3 Å². The number of hydrogen-bond donors (Lipinski definition) is 15. The summed E-state index contributed by atoms with van der Waals surface area (Å²) in [6, 6.07) is 9.69. The number of carbonyl (C=O) groups is 2. The van der Waals surface area contributed by atoms with Crippen LogP contribution in [0.3, 0.4) is 0 Å². The Hall–Kier alpha value is -5.38. The SMILES string of the molecule is CC(C)(C)OC(=O)CCCN.CC(C)(C)OC(=O)CCCNC[C@@H](O)C(F)(F)F.Cl.FC(F)(F)[C@H]1CO1.NCCNC[C@@H](O)C(F)(F)F.Nc1nc(CCCNC[C@@H](O)C(F)(F)F)nnc1-c1cccc(Cl)c1Cl.Nc1nc(CCCNC[C@@H](O)C(F)(F)F)nnc1Cl.Nc1nc(Cl)nnc1Cl.OB(O)c1cccc(Cl)c1Cl. The van der Waals surface area contributed by atoms with Crippen molar-refractivity contribution in [3.05, 3.63) is 83.7 Å². The first kappa shape index (κ1) is 112. The van der Waals surface area contributed by atoms with Crippen LogP contribution in [0.15, 0.2) is 36.4 Å². The average Bonchev–Trinajstić information content (AvgIpc) is 1.37. The molecule has 0 aliphatic carbocycles. The third-order valence-corrected chi connectivity index (χ3v) is 14.5. The monoisotopic (exact) mass is 1810 g/mol. The molecule has 4 heterocycles. The van der Waals surface area contributed by atoms with Crippen LogP contribution in [0.25, 0.3) is 11.3 Å². The summed E-state index contributed by atoms with van der Waals surface area (Å²) in [5.41, 5.74) is 26.8. The molecular formula is C60H88BCl8F15N18O11. The fraction of sp³-hybridized carbons (Fsp3) is 0.617. The summed E-state index contributed by atoms with van der Waals surface area (Å²) in [7, 11) is -1.57. The molecule has 0 spiro atoms. The van der Waals surface area contributed by atoms with E-state index in [1.54, 1.807) is 51.1 Å². The summed E-state index contributed by atoms with van der Waals surface area (Å²) in [4.78, 5) is 33.7. The molecule has 0 unspecified atom stereocenters. The summed E-state index contributed by atoms with van der Waals surface area (Å²) >= 11 is 39.5. The minimum atomic E-state index is -4.63. The van der Waals surface area contributed by atoms with Gasteiger partial charge in [0, 0.05) is 76.0 Å². The van der Waals surface area contributed by atoms with E-state index in [2.05, 4.69) is 71.5 Å². The van der Waals surface area contributed by atoms with Crippen LogP contribution in [-0.2, 0) is 36.6 Å². The highest BCUT2D eigenvalue weighted by Crippen LogP contribution is 2.35. The fourth-order valence-corrected chi connectivity index (χ4v) is 7.82. The maximum Gasteiger partial charge on any atom is 0.490 e. The highest BCUT2D eigenvalue weighted by atomic mass is 35.5. The molecule has 53 heteroatoms. The molecule has 113 heavy (non-hydrogen) atoms. The molecule has 5 aromatic rings. The number of esters is 2. The van der Waals surface area contributed by atoms with Crippen molar-refractivity contribution < 1.29 is 120 Å². The topological polar surface area (TPSA) is 481 Å². The molecule has 3 aromatic heterocycles. The molecule has 0 radical (unpaired) electrons. The molecule has 20 N–H and O–H groups in total. The lowest BCUT2D eigenvalue weighted by Crippen LogP contribution is -2.39. The minimum absolute atomic E-state index is 0. The number of nitrogens with zero attached hydrogens (tertiary/aromatic N) is 9. The lowest BCUT2D eigenvalue weighted by Gasteiger charge is -2.19. The van der Waals surface area contributed by atoms with Crippen LogP contribution in [0.2, 0.25) is 35.7 Å². The van der Waals surface area contributed by atoms with Crippen molar-refractivity contribution in [1.82, 2.24) is 66.8 Å². The largest absolute Gasteiger partial charge is 0.490 e. The fourth-order valence-electron chi connectivity index (χ4n) is 6.74. The van der Waals surface area contributed by atoms with Gasteiger partial charge in [-0.1, -0.05) is 93.9 Å². The quantitative estimate of drug-likeness (QED) is 0.00771. The van der Waals surface area contributed by atoms with Gasteiger partial charge in [0.1, 0.15) is 16.9 Å². The number of aromatic nitrogens is 9. The summed E-state index contributed by atoms with van der Waals surface area (Å²) < 4.78 is 190. The number of nitrogens with one attached hydrogen (secondary N) is 4. The number of epoxide rings is 1. The van der Waals surface area contributed by atoms with Gasteiger partial charge < -0.3 is 94.6 Å². The number of aliphatic hydroxyl groups excluding tert-OH is 4. The Bertz CT molecular complexity index is 3510. The van der Waals surface area contributed by atoms with E-state index in [0.717, 1.165) is 0 Å². The molecule has 1 aliphatic rings. The number of alkyl halides is 15. The number of ether oxygens (including phenoxy) is 3. The first-order valence-corrected chi connectivity index (χ1v) is 35.1. The van der Waals surface area contributed by atoms with Crippen molar-refractivity contribution in [3.8, 4) is 11.3 Å². The van der Waals surface area contributed by atoms with E-state index in [9.17, 15) is 75.4 Å². The van der Waals surface area contributed by atoms with Gasteiger partial charge in [-0.25, -0.2) is 9.97 Å². The van der Waals surface area contributed by atoms with E-state index in [1.807, 2.05) is 20.8 Å². The molecule has 6 rings (SSSR count). The second-order valence-electron chi connectivity index (χ2n) is 24.3. The Labute approximate surface area is 680 Å².